The molecule has 0 amide bonds. The number of ether oxygens (including phenoxy) is 1. The van der Waals surface area contributed by atoms with E-state index in [2.05, 4.69) is 4.99 Å². The summed E-state index contributed by atoms with van der Waals surface area (Å²) in [5.41, 5.74) is 3.04. The Morgan fingerprint density at radius 2 is 2.03 bits per heavy atom. The molecule has 0 bridgehead atoms. The van der Waals surface area contributed by atoms with Crippen molar-refractivity contribution in [2.75, 3.05) is 13.2 Å². The minimum atomic E-state index is -4.77. The average molecular weight is 460 g/mol. The molecule has 1 aromatic heterocycles. The summed E-state index contributed by atoms with van der Waals surface area (Å²) in [5, 5.41) is 0.548. The van der Waals surface area contributed by atoms with Gasteiger partial charge in [-0.2, -0.15) is 8.42 Å². The zero-order valence-corrected chi connectivity index (χ0v) is 18.3. The van der Waals surface area contributed by atoms with Crippen molar-refractivity contribution in [1.82, 2.24) is 4.57 Å². The Bertz CT molecular complexity index is 1360. The van der Waals surface area contributed by atoms with Crippen LogP contribution in [0, 0.1) is 12.7 Å². The minimum Gasteiger partial charge on any atom is -0.466 e. The fraction of sp³-hybridized carbons (Fsp3) is 0.273. The van der Waals surface area contributed by atoms with Crippen LogP contribution in [-0.4, -0.2) is 42.5 Å². The van der Waals surface area contributed by atoms with Crippen LogP contribution in [0.4, 0.5) is 4.39 Å². The highest BCUT2D eigenvalue weighted by atomic mass is 32.3. The van der Waals surface area contributed by atoms with Gasteiger partial charge in [-0.1, -0.05) is 6.07 Å². The molecule has 1 aliphatic heterocycles. The van der Waals surface area contributed by atoms with Gasteiger partial charge in [-0.25, -0.2) is 4.39 Å². The monoisotopic (exact) mass is 460 g/mol. The van der Waals surface area contributed by atoms with Crippen LogP contribution in [0.5, 0.6) is 5.75 Å². The Hall–Kier alpha value is -3.24. The summed E-state index contributed by atoms with van der Waals surface area (Å²) in [4.78, 5) is 16.8. The van der Waals surface area contributed by atoms with Crippen molar-refractivity contribution in [3.05, 3.63) is 64.6 Å². The lowest BCUT2D eigenvalue weighted by Crippen LogP contribution is -2.24. The molecule has 0 saturated carbocycles. The summed E-state index contributed by atoms with van der Waals surface area (Å²) < 4.78 is 57.9. The second kappa shape index (κ2) is 8.36. The van der Waals surface area contributed by atoms with Crippen molar-refractivity contribution in [3.8, 4) is 5.75 Å². The smallest absolute Gasteiger partial charge is 0.446 e. The van der Waals surface area contributed by atoms with Crippen LogP contribution < -0.4 is 4.18 Å². The summed E-state index contributed by atoms with van der Waals surface area (Å²) in [5.74, 6) is -0.594. The number of carbonyl (C=O) groups is 1. The van der Waals surface area contributed by atoms with Crippen molar-refractivity contribution in [3.63, 3.8) is 0 Å². The molecule has 1 aliphatic rings. The second-order valence-electron chi connectivity index (χ2n) is 7.37. The van der Waals surface area contributed by atoms with Gasteiger partial charge >= 0.3 is 16.4 Å². The predicted octanol–water partition coefficient (Wildman–Crippen LogP) is 3.23. The quantitative estimate of drug-likeness (QED) is 0.447. The predicted molar refractivity (Wildman–Crippen MR) is 116 cm³/mol. The molecule has 3 aromatic rings. The van der Waals surface area contributed by atoms with Gasteiger partial charge in [0.15, 0.2) is 5.75 Å². The lowest BCUT2D eigenvalue weighted by Gasteiger charge is -2.21. The molecular weight excluding hydrogens is 439 g/mol. The zero-order chi connectivity index (χ0) is 23.0. The Morgan fingerprint density at radius 1 is 1.25 bits per heavy atom. The van der Waals surface area contributed by atoms with Crippen LogP contribution in [0.1, 0.15) is 29.3 Å². The fourth-order valence-electron chi connectivity index (χ4n) is 3.98. The van der Waals surface area contributed by atoms with Gasteiger partial charge in [-0.05, 0) is 55.3 Å². The van der Waals surface area contributed by atoms with E-state index in [1.54, 1.807) is 36.6 Å². The van der Waals surface area contributed by atoms with Crippen LogP contribution in [0.25, 0.3) is 10.9 Å². The summed E-state index contributed by atoms with van der Waals surface area (Å²) in [7, 11) is -4.77. The molecule has 0 radical (unpaired) electrons. The molecule has 10 heteroatoms. The molecule has 0 fully saturated rings. The highest BCUT2D eigenvalue weighted by molar-refractivity contribution is 7.81. The van der Waals surface area contributed by atoms with Crippen molar-refractivity contribution in [2.45, 2.75) is 26.7 Å². The molecular formula is C22H21FN2O6S. The highest BCUT2D eigenvalue weighted by Gasteiger charge is 2.27. The Balaban J connectivity index is 1.94. The van der Waals surface area contributed by atoms with E-state index in [1.165, 1.54) is 18.2 Å². The SMILES string of the molecule is CCOC(=O)Cc1c2n(c3ccc(F)cc13)C(c1ccc(C)cc1OS(=O)(=O)O)=NCC2. The van der Waals surface area contributed by atoms with Crippen molar-refractivity contribution >= 4 is 33.1 Å². The summed E-state index contributed by atoms with van der Waals surface area (Å²) in [6, 6.07) is 9.13. The first-order valence-corrected chi connectivity index (χ1v) is 11.3. The van der Waals surface area contributed by atoms with E-state index < -0.39 is 22.2 Å². The molecule has 168 valence electrons. The maximum absolute atomic E-state index is 14.1. The van der Waals surface area contributed by atoms with Crippen LogP contribution in [0.3, 0.4) is 0 Å². The van der Waals surface area contributed by atoms with E-state index in [-0.39, 0.29) is 18.8 Å². The number of rotatable bonds is 6. The van der Waals surface area contributed by atoms with Gasteiger partial charge in [0.1, 0.15) is 11.7 Å². The normalized spacial score (nSPS) is 13.6. The molecule has 32 heavy (non-hydrogen) atoms. The van der Waals surface area contributed by atoms with Gasteiger partial charge in [-0.15, -0.1) is 0 Å². The first-order chi connectivity index (χ1) is 15.2. The topological polar surface area (TPSA) is 107 Å². The average Bonchev–Trinajstić information content (AvgIpc) is 3.00. The van der Waals surface area contributed by atoms with Gasteiger partial charge in [0.05, 0.1) is 24.1 Å². The van der Waals surface area contributed by atoms with Crippen LogP contribution in [0.15, 0.2) is 41.4 Å². The second-order valence-corrected chi connectivity index (χ2v) is 8.39. The van der Waals surface area contributed by atoms with E-state index in [4.69, 9.17) is 8.92 Å². The minimum absolute atomic E-state index is 0.0360. The van der Waals surface area contributed by atoms with Crippen LogP contribution in [-0.2, 0) is 32.8 Å². The molecule has 2 heterocycles. The molecule has 4 rings (SSSR count). The summed E-state index contributed by atoms with van der Waals surface area (Å²) in [6.45, 7) is 4.06. The number of aliphatic imine (C=N–C) groups is 1. The van der Waals surface area contributed by atoms with Crippen LogP contribution >= 0.6 is 0 Å². The third kappa shape index (κ3) is 4.23. The Kier molecular flexibility index (Phi) is 5.74. The standard InChI is InChI=1S/C22H21FN2O6S/c1-3-30-21(26)12-17-16-11-14(23)5-7-18(16)25-19(17)8-9-24-22(25)15-6-4-13(2)10-20(15)31-32(27,28)29/h4-7,10-11H,3,8-9,12H2,1-2H3,(H,27,28,29). The van der Waals surface area contributed by atoms with E-state index in [9.17, 15) is 22.2 Å². The van der Waals surface area contributed by atoms with Gasteiger partial charge in [0, 0.05) is 24.0 Å². The maximum atomic E-state index is 14.1. The van der Waals surface area contributed by atoms with Gasteiger partial charge in [-0.3, -0.25) is 18.9 Å². The number of esters is 1. The molecule has 0 saturated heterocycles. The van der Waals surface area contributed by atoms with E-state index in [0.717, 1.165) is 5.69 Å². The molecule has 1 N–H and O–H groups in total. The third-order valence-electron chi connectivity index (χ3n) is 5.16. The lowest BCUT2D eigenvalue weighted by atomic mass is 10.0. The molecule has 0 aliphatic carbocycles. The van der Waals surface area contributed by atoms with Crippen molar-refractivity contribution < 1.29 is 31.1 Å². The van der Waals surface area contributed by atoms with E-state index in [0.29, 0.717) is 46.4 Å². The van der Waals surface area contributed by atoms with E-state index >= 15 is 0 Å². The number of fused-ring (bicyclic) bond motifs is 3. The first-order valence-electron chi connectivity index (χ1n) is 9.98. The number of hydrogen-bond donors (Lipinski definition) is 1. The molecule has 0 spiro atoms. The van der Waals surface area contributed by atoms with E-state index in [1.807, 2.05) is 0 Å². The number of hydrogen-bond acceptors (Lipinski definition) is 6. The number of aromatic nitrogens is 1. The lowest BCUT2D eigenvalue weighted by molar-refractivity contribution is -0.142. The van der Waals surface area contributed by atoms with Gasteiger partial charge < -0.3 is 8.92 Å². The first kappa shape index (κ1) is 22.0. The van der Waals surface area contributed by atoms with Crippen LogP contribution in [0.2, 0.25) is 0 Å². The van der Waals surface area contributed by atoms with Crippen molar-refractivity contribution in [1.29, 1.82) is 0 Å². The molecule has 0 unspecified atom stereocenters. The number of benzene rings is 2. The van der Waals surface area contributed by atoms with Crippen molar-refractivity contribution in [2.24, 2.45) is 4.99 Å². The largest absolute Gasteiger partial charge is 0.466 e. The summed E-state index contributed by atoms with van der Waals surface area (Å²) >= 11 is 0. The van der Waals surface area contributed by atoms with Gasteiger partial charge in [0.2, 0.25) is 0 Å². The van der Waals surface area contributed by atoms with Gasteiger partial charge in [0.25, 0.3) is 0 Å². The zero-order valence-electron chi connectivity index (χ0n) is 17.5. The highest BCUT2D eigenvalue weighted by Crippen LogP contribution is 2.33. The summed E-state index contributed by atoms with van der Waals surface area (Å²) in [6.07, 6.45) is 0.459. The number of aryl methyl sites for hydroxylation is 1. The molecule has 2 aromatic carbocycles. The molecule has 8 nitrogen and oxygen atoms in total. The Morgan fingerprint density at radius 3 is 2.75 bits per heavy atom. The Labute approximate surface area is 184 Å². The third-order valence-corrected chi connectivity index (χ3v) is 5.55. The molecule has 0 atom stereocenters. The number of nitrogens with zero attached hydrogens (tertiary/aromatic N) is 2. The fourth-order valence-corrected chi connectivity index (χ4v) is 4.34. The number of halogens is 1. The number of carbonyl (C=O) groups excluding carboxylic acids is 1. The maximum Gasteiger partial charge on any atom is 0.446 e.